The van der Waals surface area contributed by atoms with Crippen molar-refractivity contribution in [2.75, 3.05) is 17.7 Å². The number of aromatic nitrogens is 2. The van der Waals surface area contributed by atoms with Crippen molar-refractivity contribution in [1.29, 1.82) is 0 Å². The number of hydrogen-bond donors (Lipinski definition) is 2. The first-order valence-electron chi connectivity index (χ1n) is 13.7. The van der Waals surface area contributed by atoms with Crippen LogP contribution in [0.2, 0.25) is 18.1 Å². The third kappa shape index (κ3) is 4.83. The molecule has 1 aromatic heterocycles. The zero-order valence-electron chi connectivity index (χ0n) is 23.9. The molecule has 1 atom stereocenters. The lowest BCUT2D eigenvalue weighted by molar-refractivity contribution is -0.0612. The summed E-state index contributed by atoms with van der Waals surface area (Å²) in [6.45, 7) is 11.7. The highest BCUT2D eigenvalue weighted by molar-refractivity contribution is 6.74. The quantitative estimate of drug-likeness (QED) is 0.235. The van der Waals surface area contributed by atoms with Gasteiger partial charge >= 0.3 is 6.03 Å². The number of carbonyl (C=O) groups is 1. The number of anilines is 3. The van der Waals surface area contributed by atoms with E-state index in [1.54, 1.807) is 7.11 Å². The van der Waals surface area contributed by atoms with E-state index in [2.05, 4.69) is 49.5 Å². The molecular formula is C30H40N5O3Si+. The van der Waals surface area contributed by atoms with Crippen LogP contribution in [-0.2, 0) is 11.0 Å². The first kappa shape index (κ1) is 27.3. The highest BCUT2D eigenvalue weighted by atomic mass is 28.4. The van der Waals surface area contributed by atoms with Crippen LogP contribution in [0.5, 0.6) is 5.75 Å². The first-order valence-corrected chi connectivity index (χ1v) is 16.6. The second kappa shape index (κ2) is 10.0. The molecule has 1 saturated carbocycles. The number of hydrogen-bond acceptors (Lipinski definition) is 6. The highest BCUT2D eigenvalue weighted by Gasteiger charge is 2.64. The molecule has 0 radical (unpaired) electrons. The van der Waals surface area contributed by atoms with Crippen molar-refractivity contribution in [1.82, 2.24) is 14.5 Å². The molecule has 0 saturated heterocycles. The number of rotatable bonds is 7. The lowest BCUT2D eigenvalue weighted by atomic mass is 10.0. The van der Waals surface area contributed by atoms with Gasteiger partial charge in [-0.2, -0.15) is 9.47 Å². The summed E-state index contributed by atoms with van der Waals surface area (Å²) in [5, 5.41) is 6.41. The number of nitrogens with one attached hydrogen (secondary N) is 2. The molecule has 206 valence electrons. The van der Waals surface area contributed by atoms with Crippen molar-refractivity contribution in [2.45, 2.75) is 76.9 Å². The van der Waals surface area contributed by atoms with Crippen molar-refractivity contribution in [3.8, 4) is 5.75 Å². The fourth-order valence-corrected chi connectivity index (χ4v) is 7.21. The molecule has 1 unspecified atom stereocenters. The molecular weight excluding hydrogens is 506 g/mol. The van der Waals surface area contributed by atoms with Gasteiger partial charge in [0, 0.05) is 36.9 Å². The van der Waals surface area contributed by atoms with Crippen molar-refractivity contribution in [3.05, 3.63) is 66.4 Å². The van der Waals surface area contributed by atoms with Crippen LogP contribution in [0.1, 0.15) is 52.0 Å². The van der Waals surface area contributed by atoms with Gasteiger partial charge in [0.15, 0.2) is 14.1 Å². The van der Waals surface area contributed by atoms with Crippen LogP contribution < -0.4 is 19.9 Å². The topological polar surface area (TPSA) is 85.4 Å². The molecule has 39 heavy (non-hydrogen) atoms. The number of methoxy groups -OCH3 is 1. The maximum absolute atomic E-state index is 14.5. The SMILES string of the molecule is COc1ccc([N+]2(C3(O[Si](C)(C)C(C)(C)C)CCCC3)Cc3cnc(Nc4ccccc4)nc3NC2=O)cc1. The van der Waals surface area contributed by atoms with Crippen LogP contribution in [0, 0.1) is 0 Å². The number of quaternary nitrogens is 1. The summed E-state index contributed by atoms with van der Waals surface area (Å²) in [5.74, 6) is 1.73. The van der Waals surface area contributed by atoms with Crippen LogP contribution in [-0.4, -0.2) is 37.2 Å². The largest absolute Gasteiger partial charge is 0.497 e. The Morgan fingerprint density at radius 3 is 2.31 bits per heavy atom. The molecule has 2 N–H and O–H groups in total. The lowest BCUT2D eigenvalue weighted by Crippen LogP contribution is -2.73. The summed E-state index contributed by atoms with van der Waals surface area (Å²) in [7, 11) is -0.606. The van der Waals surface area contributed by atoms with Crippen LogP contribution in [0.4, 0.5) is 27.9 Å². The van der Waals surface area contributed by atoms with Crippen molar-refractivity contribution in [2.24, 2.45) is 0 Å². The van der Waals surface area contributed by atoms with E-state index in [0.717, 1.165) is 48.4 Å². The van der Waals surface area contributed by atoms with Gasteiger partial charge in [0.2, 0.25) is 11.7 Å². The normalized spacial score (nSPS) is 20.7. The Kier molecular flexibility index (Phi) is 7.03. The van der Waals surface area contributed by atoms with Crippen molar-refractivity contribution >= 4 is 37.5 Å². The van der Waals surface area contributed by atoms with E-state index < -0.39 is 14.0 Å². The van der Waals surface area contributed by atoms with E-state index >= 15 is 0 Å². The molecule has 1 fully saturated rings. The number of carbonyl (C=O) groups excluding carboxylic acids is 1. The molecule has 5 rings (SSSR count). The Labute approximate surface area is 232 Å². The molecule has 2 aromatic carbocycles. The predicted octanol–water partition coefficient (Wildman–Crippen LogP) is 7.57. The zero-order valence-corrected chi connectivity index (χ0v) is 24.9. The van der Waals surface area contributed by atoms with Gasteiger partial charge in [0.25, 0.3) is 0 Å². The minimum Gasteiger partial charge on any atom is -0.497 e. The van der Waals surface area contributed by atoms with Crippen LogP contribution in [0.25, 0.3) is 0 Å². The Balaban J connectivity index is 1.62. The highest BCUT2D eigenvalue weighted by Crippen LogP contribution is 2.52. The van der Waals surface area contributed by atoms with E-state index in [0.29, 0.717) is 18.3 Å². The predicted molar refractivity (Wildman–Crippen MR) is 159 cm³/mol. The molecule has 0 spiro atoms. The van der Waals surface area contributed by atoms with E-state index in [1.807, 2.05) is 60.8 Å². The number of ether oxygens (including phenoxy) is 1. The molecule has 8 nitrogen and oxygen atoms in total. The molecule has 1 aliphatic carbocycles. The van der Waals surface area contributed by atoms with Gasteiger partial charge in [0.05, 0.1) is 12.7 Å². The minimum absolute atomic E-state index is 0.00220. The van der Waals surface area contributed by atoms with E-state index in [9.17, 15) is 4.79 Å². The molecule has 9 heteroatoms. The molecule has 2 amide bonds. The summed E-state index contributed by atoms with van der Waals surface area (Å²) in [6.07, 6.45) is 5.48. The van der Waals surface area contributed by atoms with Gasteiger partial charge < -0.3 is 14.5 Å². The summed E-state index contributed by atoms with van der Waals surface area (Å²) in [4.78, 5) is 23.8. The zero-order chi connectivity index (χ0) is 27.9. The Hall–Kier alpha value is -3.27. The van der Waals surface area contributed by atoms with E-state index in [4.69, 9.17) is 14.1 Å². The fraction of sp³-hybridized carbons (Fsp3) is 0.433. The number of benzene rings is 2. The second-order valence-electron chi connectivity index (χ2n) is 12.2. The van der Waals surface area contributed by atoms with Crippen molar-refractivity contribution < 1.29 is 14.0 Å². The van der Waals surface area contributed by atoms with Gasteiger partial charge in [-0.3, -0.25) is 5.32 Å². The molecule has 3 aromatic rings. The van der Waals surface area contributed by atoms with Crippen LogP contribution >= 0.6 is 0 Å². The van der Waals surface area contributed by atoms with Gasteiger partial charge in [-0.25, -0.2) is 9.78 Å². The smallest absolute Gasteiger partial charge is 0.429 e. The van der Waals surface area contributed by atoms with Gasteiger partial charge in [-0.05, 0) is 55.2 Å². The number of urea groups is 1. The molecule has 1 aliphatic heterocycles. The summed E-state index contributed by atoms with van der Waals surface area (Å²) >= 11 is 0. The Bertz CT molecular complexity index is 1330. The Morgan fingerprint density at radius 1 is 1.03 bits per heavy atom. The van der Waals surface area contributed by atoms with Crippen LogP contribution in [0.3, 0.4) is 0 Å². The fourth-order valence-electron chi connectivity index (χ4n) is 5.59. The van der Waals surface area contributed by atoms with Crippen molar-refractivity contribution in [3.63, 3.8) is 0 Å². The third-order valence-electron chi connectivity index (χ3n) is 8.72. The van der Waals surface area contributed by atoms with E-state index in [-0.39, 0.29) is 15.6 Å². The summed E-state index contributed by atoms with van der Waals surface area (Å²) in [6, 6.07) is 17.5. The second-order valence-corrected chi connectivity index (χ2v) is 16.9. The van der Waals surface area contributed by atoms with Gasteiger partial charge in [0.1, 0.15) is 18.0 Å². The maximum atomic E-state index is 14.5. The standard InChI is InChI=1S/C30H39N5O3Si/c1-29(2,3)39(5,6)38-30(18-10-11-19-30)35(24-14-16-25(37-4)17-15-24)21-22-20-31-27(33-26(22)34-28(35)36)32-23-12-8-7-9-13-23/h7-9,12-17,20H,10-11,18-19,21H2,1-6H3,(H-,31,32,33,34,36)/p+1. The number of para-hydroxylation sites is 1. The molecule has 0 bridgehead atoms. The summed E-state index contributed by atoms with van der Waals surface area (Å²) < 4.78 is 12.8. The minimum atomic E-state index is -2.26. The average Bonchev–Trinajstić information content (AvgIpc) is 3.37. The number of amides is 2. The number of nitrogens with zero attached hydrogens (tertiary/aromatic N) is 3. The molecule has 2 heterocycles. The molecule has 2 aliphatic rings. The first-order chi connectivity index (χ1) is 18.5. The lowest BCUT2D eigenvalue weighted by Gasteiger charge is -2.53. The maximum Gasteiger partial charge on any atom is 0.429 e. The van der Waals surface area contributed by atoms with Gasteiger partial charge in [-0.1, -0.05) is 39.0 Å². The Morgan fingerprint density at radius 2 is 1.69 bits per heavy atom. The summed E-state index contributed by atoms with van der Waals surface area (Å²) in [5.41, 5.74) is 1.95. The van der Waals surface area contributed by atoms with Gasteiger partial charge in [-0.15, -0.1) is 0 Å². The van der Waals surface area contributed by atoms with E-state index in [1.165, 1.54) is 0 Å². The number of fused-ring (bicyclic) bond motifs is 1. The monoisotopic (exact) mass is 546 g/mol. The third-order valence-corrected chi connectivity index (χ3v) is 13.2. The average molecular weight is 547 g/mol. The van der Waals surface area contributed by atoms with Crippen LogP contribution in [0.15, 0.2) is 60.8 Å².